The first-order valence-electron chi connectivity index (χ1n) is 10.5. The van der Waals surface area contributed by atoms with Crippen LogP contribution in [-0.2, 0) is 9.63 Å². The van der Waals surface area contributed by atoms with Crippen molar-refractivity contribution in [1.82, 2.24) is 10.6 Å². The number of hydrogen-bond donors (Lipinski definition) is 3. The number of aliphatic hydroxyl groups is 1. The van der Waals surface area contributed by atoms with Crippen molar-refractivity contribution in [2.45, 2.75) is 70.3 Å². The molecule has 3 N–H and O–H groups in total. The van der Waals surface area contributed by atoms with Gasteiger partial charge >= 0.3 is 0 Å². The largest absolute Gasteiger partial charge is 0.487 e. The molecule has 1 saturated carbocycles. The van der Waals surface area contributed by atoms with Crippen molar-refractivity contribution in [3.05, 3.63) is 40.4 Å². The fourth-order valence-electron chi connectivity index (χ4n) is 3.49. The van der Waals surface area contributed by atoms with Crippen LogP contribution in [0.3, 0.4) is 0 Å². The molecular weight excluding hydrogens is 390 g/mol. The molecule has 1 fully saturated rings. The summed E-state index contributed by atoms with van der Waals surface area (Å²) >= 11 is 0. The zero-order chi connectivity index (χ0) is 21.9. The highest BCUT2D eigenvalue weighted by Crippen LogP contribution is 2.25. The van der Waals surface area contributed by atoms with Crippen molar-refractivity contribution < 1.29 is 24.6 Å². The van der Waals surface area contributed by atoms with E-state index in [-0.39, 0.29) is 30.4 Å². The summed E-state index contributed by atoms with van der Waals surface area (Å²) in [6.45, 7) is 4.79. The molecule has 0 aliphatic heterocycles. The molecule has 0 spiro atoms. The number of benzene rings is 1. The van der Waals surface area contributed by atoms with Gasteiger partial charge in [-0.25, -0.2) is 0 Å². The highest BCUT2D eigenvalue weighted by molar-refractivity contribution is 5.76. The number of ether oxygens (including phenoxy) is 1. The van der Waals surface area contributed by atoms with E-state index in [1.54, 1.807) is 12.1 Å². The molecule has 2 unspecified atom stereocenters. The SMILES string of the molecule is CC(C)NCC(O)C(CC(=O)NCC1CCC(O[N+](=O)[O-])CC1)Oc1ccccc1. The monoisotopic (exact) mass is 423 g/mol. The third kappa shape index (κ3) is 8.96. The number of amides is 1. The average molecular weight is 424 g/mol. The molecule has 9 nitrogen and oxygen atoms in total. The Kier molecular flexibility index (Phi) is 9.82. The van der Waals surface area contributed by atoms with Crippen LogP contribution in [0.4, 0.5) is 0 Å². The van der Waals surface area contributed by atoms with Crippen LogP contribution in [0, 0.1) is 16.0 Å². The van der Waals surface area contributed by atoms with E-state index in [9.17, 15) is 20.0 Å². The number of aliphatic hydroxyl groups excluding tert-OH is 1. The second-order valence-electron chi connectivity index (χ2n) is 8.08. The topological polar surface area (TPSA) is 123 Å². The van der Waals surface area contributed by atoms with Crippen LogP contribution in [0.1, 0.15) is 46.0 Å². The highest BCUT2D eigenvalue weighted by Gasteiger charge is 2.27. The van der Waals surface area contributed by atoms with Gasteiger partial charge in [0.15, 0.2) is 0 Å². The maximum atomic E-state index is 12.5. The molecule has 1 aromatic carbocycles. The highest BCUT2D eigenvalue weighted by atomic mass is 17.0. The summed E-state index contributed by atoms with van der Waals surface area (Å²) in [5.74, 6) is 0.674. The minimum Gasteiger partial charge on any atom is -0.487 e. The summed E-state index contributed by atoms with van der Waals surface area (Å²) in [5.41, 5.74) is 0. The maximum Gasteiger partial charge on any atom is 0.294 e. The van der Waals surface area contributed by atoms with Crippen LogP contribution < -0.4 is 15.4 Å². The van der Waals surface area contributed by atoms with Crippen LogP contribution in [0.15, 0.2) is 30.3 Å². The molecule has 1 aliphatic rings. The molecule has 1 amide bonds. The van der Waals surface area contributed by atoms with Crippen molar-refractivity contribution in [3.63, 3.8) is 0 Å². The molecule has 0 heterocycles. The standard InChI is InChI=1S/C21H33N3O6/c1-15(2)22-14-19(25)20(29-17-6-4-3-5-7-17)12-21(26)23-13-16-8-10-18(11-9-16)30-24(27)28/h3-7,15-16,18-20,22,25H,8-14H2,1-2H3,(H,23,26). The van der Waals surface area contributed by atoms with Gasteiger partial charge in [0, 0.05) is 19.1 Å². The van der Waals surface area contributed by atoms with Gasteiger partial charge < -0.3 is 25.3 Å². The first-order valence-corrected chi connectivity index (χ1v) is 10.5. The lowest BCUT2D eigenvalue weighted by molar-refractivity contribution is -0.769. The molecule has 1 aromatic rings. The number of nitrogens with zero attached hydrogens (tertiary/aromatic N) is 1. The van der Waals surface area contributed by atoms with Crippen molar-refractivity contribution in [2.24, 2.45) is 5.92 Å². The third-order valence-corrected chi connectivity index (χ3v) is 5.20. The molecule has 0 saturated heterocycles. The zero-order valence-corrected chi connectivity index (χ0v) is 17.7. The summed E-state index contributed by atoms with van der Waals surface area (Å²) in [7, 11) is 0. The Balaban J connectivity index is 1.82. The summed E-state index contributed by atoms with van der Waals surface area (Å²) in [6.07, 6.45) is 0.931. The Morgan fingerprint density at radius 1 is 1.23 bits per heavy atom. The Hall–Kier alpha value is -2.39. The molecule has 2 atom stereocenters. The molecular formula is C21H33N3O6. The van der Waals surface area contributed by atoms with Gasteiger partial charge in [-0.15, -0.1) is 10.1 Å². The minimum atomic E-state index is -0.840. The predicted molar refractivity (Wildman–Crippen MR) is 111 cm³/mol. The van der Waals surface area contributed by atoms with Crippen molar-refractivity contribution in [3.8, 4) is 5.75 Å². The second-order valence-corrected chi connectivity index (χ2v) is 8.08. The first kappa shape index (κ1) is 23.9. The maximum absolute atomic E-state index is 12.5. The lowest BCUT2D eigenvalue weighted by Crippen LogP contribution is -2.44. The van der Waals surface area contributed by atoms with Crippen LogP contribution in [0.25, 0.3) is 0 Å². The lowest BCUT2D eigenvalue weighted by Gasteiger charge is -2.28. The number of carbonyl (C=O) groups excluding carboxylic acids is 1. The molecule has 0 radical (unpaired) electrons. The quantitative estimate of drug-likeness (QED) is 0.347. The molecule has 30 heavy (non-hydrogen) atoms. The minimum absolute atomic E-state index is 0.0373. The summed E-state index contributed by atoms with van der Waals surface area (Å²) in [4.78, 5) is 27.6. The smallest absolute Gasteiger partial charge is 0.294 e. The van der Waals surface area contributed by atoms with Crippen molar-refractivity contribution in [2.75, 3.05) is 13.1 Å². The van der Waals surface area contributed by atoms with Crippen LogP contribution in [0.2, 0.25) is 0 Å². The molecule has 0 aromatic heterocycles. The number of carbonyl (C=O) groups is 1. The number of nitrogens with one attached hydrogen (secondary N) is 2. The van der Waals surface area contributed by atoms with E-state index in [1.165, 1.54) is 0 Å². The van der Waals surface area contributed by atoms with Gasteiger partial charge in [0.1, 0.15) is 24.1 Å². The summed E-state index contributed by atoms with van der Waals surface area (Å²) < 4.78 is 5.89. The predicted octanol–water partition coefficient (Wildman–Crippen LogP) is 2.07. The Morgan fingerprint density at radius 2 is 1.90 bits per heavy atom. The van der Waals surface area contributed by atoms with E-state index < -0.39 is 17.3 Å². The van der Waals surface area contributed by atoms with Gasteiger partial charge in [-0.2, -0.15) is 0 Å². The van der Waals surface area contributed by atoms with Gasteiger partial charge in [0.25, 0.3) is 5.09 Å². The van der Waals surface area contributed by atoms with Gasteiger partial charge in [0.2, 0.25) is 5.91 Å². The Bertz CT molecular complexity index is 649. The van der Waals surface area contributed by atoms with Crippen LogP contribution in [-0.4, -0.2) is 53.5 Å². The fourth-order valence-corrected chi connectivity index (χ4v) is 3.49. The number of para-hydroxylation sites is 1. The van der Waals surface area contributed by atoms with E-state index in [2.05, 4.69) is 15.5 Å². The van der Waals surface area contributed by atoms with Gasteiger partial charge in [-0.3, -0.25) is 4.79 Å². The van der Waals surface area contributed by atoms with Crippen molar-refractivity contribution >= 4 is 5.91 Å². The lowest BCUT2D eigenvalue weighted by atomic mass is 9.87. The van der Waals surface area contributed by atoms with Crippen LogP contribution in [0.5, 0.6) is 5.75 Å². The van der Waals surface area contributed by atoms with E-state index in [4.69, 9.17) is 4.74 Å². The summed E-state index contributed by atoms with van der Waals surface area (Å²) in [6, 6.07) is 9.34. The number of rotatable bonds is 12. The van der Waals surface area contributed by atoms with E-state index in [0.29, 0.717) is 31.7 Å². The van der Waals surface area contributed by atoms with E-state index in [1.807, 2.05) is 32.0 Å². The molecule has 2 rings (SSSR count). The third-order valence-electron chi connectivity index (χ3n) is 5.20. The summed E-state index contributed by atoms with van der Waals surface area (Å²) in [5, 5.41) is 26.3. The van der Waals surface area contributed by atoms with Crippen molar-refractivity contribution in [1.29, 1.82) is 0 Å². The first-order chi connectivity index (χ1) is 14.3. The second kappa shape index (κ2) is 12.3. The Labute approximate surface area is 177 Å². The average Bonchev–Trinajstić information content (AvgIpc) is 2.71. The Morgan fingerprint density at radius 3 is 2.50 bits per heavy atom. The molecule has 1 aliphatic carbocycles. The molecule has 0 bridgehead atoms. The number of hydrogen-bond acceptors (Lipinski definition) is 7. The van der Waals surface area contributed by atoms with Crippen LogP contribution >= 0.6 is 0 Å². The molecule has 168 valence electrons. The van der Waals surface area contributed by atoms with E-state index >= 15 is 0 Å². The zero-order valence-electron chi connectivity index (χ0n) is 17.7. The molecule has 9 heteroatoms. The normalized spacial score (nSPS) is 20.9. The van der Waals surface area contributed by atoms with Gasteiger partial charge in [0.05, 0.1) is 6.42 Å². The van der Waals surface area contributed by atoms with E-state index in [0.717, 1.165) is 12.8 Å². The fraction of sp³-hybridized carbons (Fsp3) is 0.667. The van der Waals surface area contributed by atoms with Gasteiger partial charge in [-0.05, 0) is 43.7 Å². The van der Waals surface area contributed by atoms with Gasteiger partial charge in [-0.1, -0.05) is 32.0 Å².